The van der Waals surface area contributed by atoms with Crippen LogP contribution in [0.25, 0.3) is 0 Å². The summed E-state index contributed by atoms with van der Waals surface area (Å²) in [4.78, 5) is 0. The Morgan fingerprint density at radius 1 is 1.28 bits per heavy atom. The molecule has 0 aliphatic heterocycles. The lowest BCUT2D eigenvalue weighted by atomic mass is 9.88. The van der Waals surface area contributed by atoms with E-state index in [0.717, 1.165) is 0 Å². The zero-order valence-corrected chi connectivity index (χ0v) is 13.3. The van der Waals surface area contributed by atoms with Crippen molar-refractivity contribution in [2.45, 2.75) is 64.8 Å². The van der Waals surface area contributed by atoms with Crippen molar-refractivity contribution in [2.75, 3.05) is 13.6 Å². The molecular weight excluding hydrogens is 248 g/mol. The van der Waals surface area contributed by atoms with Gasteiger partial charge in [-0.3, -0.25) is 0 Å². The van der Waals surface area contributed by atoms with Crippen LogP contribution >= 0.6 is 0 Å². The molecule has 0 aromatic rings. The number of nitrogens with one attached hydrogen (secondary N) is 1. The van der Waals surface area contributed by atoms with Gasteiger partial charge in [0.2, 0.25) is 10.0 Å². The molecule has 0 aromatic carbocycles. The molecule has 4 nitrogen and oxygen atoms in total. The van der Waals surface area contributed by atoms with Crippen LogP contribution in [-0.2, 0) is 10.0 Å². The topological polar surface area (TPSA) is 49.4 Å². The molecule has 0 spiro atoms. The Balaban J connectivity index is 2.65. The molecule has 0 saturated heterocycles. The number of hydrogen-bond donors (Lipinski definition) is 1. The molecule has 2 atom stereocenters. The zero-order chi connectivity index (χ0) is 14.1. The lowest BCUT2D eigenvalue weighted by Gasteiger charge is -2.36. The number of nitrogens with zero attached hydrogens (tertiary/aromatic N) is 1. The summed E-state index contributed by atoms with van der Waals surface area (Å²) in [6, 6.07) is 0.541. The van der Waals surface area contributed by atoms with Gasteiger partial charge in [-0.25, -0.2) is 12.7 Å². The Morgan fingerprint density at radius 3 is 2.17 bits per heavy atom. The Labute approximate surface area is 112 Å². The molecule has 2 unspecified atom stereocenters. The highest BCUT2D eigenvalue weighted by Gasteiger charge is 2.35. The van der Waals surface area contributed by atoms with Gasteiger partial charge in [0, 0.05) is 25.7 Å². The fourth-order valence-electron chi connectivity index (χ4n) is 1.78. The molecule has 1 aliphatic carbocycles. The minimum atomic E-state index is -3.22. The summed E-state index contributed by atoms with van der Waals surface area (Å²) in [6.45, 7) is 10.5. The first-order valence-corrected chi connectivity index (χ1v) is 8.27. The van der Waals surface area contributed by atoms with E-state index in [2.05, 4.69) is 26.1 Å². The van der Waals surface area contributed by atoms with Crippen LogP contribution in [0.3, 0.4) is 0 Å². The van der Waals surface area contributed by atoms with Crippen molar-refractivity contribution in [2.24, 2.45) is 5.41 Å². The van der Waals surface area contributed by atoms with Crippen LogP contribution in [0.5, 0.6) is 0 Å². The minimum absolute atomic E-state index is 0.00845. The summed E-state index contributed by atoms with van der Waals surface area (Å²) in [5, 5.41) is 2.92. The Morgan fingerprint density at radius 2 is 1.78 bits per heavy atom. The van der Waals surface area contributed by atoms with Crippen LogP contribution in [0, 0.1) is 5.41 Å². The molecule has 108 valence electrons. The van der Waals surface area contributed by atoms with E-state index >= 15 is 0 Å². The van der Waals surface area contributed by atoms with Gasteiger partial charge in [0.25, 0.3) is 0 Å². The van der Waals surface area contributed by atoms with Gasteiger partial charge in [-0.15, -0.1) is 0 Å². The second kappa shape index (κ2) is 5.47. The lowest BCUT2D eigenvalue weighted by Crippen LogP contribution is -2.48. The van der Waals surface area contributed by atoms with Gasteiger partial charge < -0.3 is 5.32 Å². The molecule has 1 N–H and O–H groups in total. The zero-order valence-electron chi connectivity index (χ0n) is 12.5. The maximum absolute atomic E-state index is 12.4. The third-order valence-electron chi connectivity index (χ3n) is 3.98. The highest BCUT2D eigenvalue weighted by atomic mass is 32.2. The normalized spacial score (nSPS) is 21.1. The molecule has 18 heavy (non-hydrogen) atoms. The van der Waals surface area contributed by atoms with Gasteiger partial charge in [0.15, 0.2) is 0 Å². The van der Waals surface area contributed by atoms with Gasteiger partial charge in [-0.2, -0.15) is 0 Å². The predicted molar refractivity (Wildman–Crippen MR) is 76.1 cm³/mol. The number of rotatable bonds is 6. The van der Waals surface area contributed by atoms with Crippen molar-refractivity contribution >= 4 is 10.0 Å². The summed E-state index contributed by atoms with van der Waals surface area (Å²) in [5.41, 5.74) is -0.0501. The second-order valence-corrected chi connectivity index (χ2v) is 9.01. The van der Waals surface area contributed by atoms with Gasteiger partial charge in [0.1, 0.15) is 0 Å². The molecule has 0 amide bonds. The summed E-state index contributed by atoms with van der Waals surface area (Å²) in [6.07, 6.45) is 2.36. The summed E-state index contributed by atoms with van der Waals surface area (Å²) >= 11 is 0. The van der Waals surface area contributed by atoms with E-state index in [1.165, 1.54) is 17.1 Å². The summed E-state index contributed by atoms with van der Waals surface area (Å²) in [7, 11) is -1.53. The Kier molecular flexibility index (Phi) is 4.84. The van der Waals surface area contributed by atoms with Crippen molar-refractivity contribution < 1.29 is 8.42 Å². The number of hydrogen-bond acceptors (Lipinski definition) is 3. The van der Waals surface area contributed by atoms with E-state index in [1.807, 2.05) is 6.92 Å². The fourth-order valence-corrected chi connectivity index (χ4v) is 3.41. The van der Waals surface area contributed by atoms with Gasteiger partial charge in [0.05, 0.1) is 5.25 Å². The summed E-state index contributed by atoms with van der Waals surface area (Å²) in [5.74, 6) is 0. The minimum Gasteiger partial charge on any atom is -0.313 e. The molecule has 0 bridgehead atoms. The average molecular weight is 276 g/mol. The molecule has 1 aliphatic rings. The van der Waals surface area contributed by atoms with Gasteiger partial charge >= 0.3 is 0 Å². The van der Waals surface area contributed by atoms with Crippen molar-refractivity contribution in [3.8, 4) is 0 Å². The molecule has 1 fully saturated rings. The van der Waals surface area contributed by atoms with Gasteiger partial charge in [-0.1, -0.05) is 20.8 Å². The number of sulfonamides is 1. The fraction of sp³-hybridized carbons (Fsp3) is 1.00. The quantitative estimate of drug-likeness (QED) is 0.805. The molecule has 0 radical (unpaired) electrons. The largest absolute Gasteiger partial charge is 0.313 e. The Hall–Kier alpha value is -0.130. The highest BCUT2D eigenvalue weighted by molar-refractivity contribution is 7.89. The SMILES string of the molecule is CC(N(C)S(=O)(=O)C(C)CNC1CC1)C(C)(C)C. The van der Waals surface area contributed by atoms with E-state index in [1.54, 1.807) is 14.0 Å². The second-order valence-electron chi connectivity index (χ2n) is 6.60. The smallest absolute Gasteiger partial charge is 0.217 e. The molecule has 0 heterocycles. The Bertz CT molecular complexity index is 369. The molecule has 1 rings (SSSR count). The van der Waals surface area contributed by atoms with E-state index in [4.69, 9.17) is 0 Å². The first kappa shape index (κ1) is 15.9. The lowest BCUT2D eigenvalue weighted by molar-refractivity contribution is 0.215. The van der Waals surface area contributed by atoms with Crippen molar-refractivity contribution in [1.29, 1.82) is 0 Å². The molecule has 1 saturated carbocycles. The third-order valence-corrected chi connectivity index (χ3v) is 6.28. The van der Waals surface area contributed by atoms with E-state index in [0.29, 0.717) is 12.6 Å². The van der Waals surface area contributed by atoms with Crippen LogP contribution in [0.2, 0.25) is 0 Å². The van der Waals surface area contributed by atoms with Crippen LogP contribution in [-0.4, -0.2) is 43.6 Å². The third kappa shape index (κ3) is 3.93. The standard InChI is InChI=1S/C13H28N2O2S/c1-10(9-14-12-7-8-12)18(16,17)15(6)11(2)13(3,4)5/h10-12,14H,7-9H2,1-6H3. The molecular formula is C13H28N2O2S. The van der Waals surface area contributed by atoms with E-state index in [9.17, 15) is 8.42 Å². The summed E-state index contributed by atoms with van der Waals surface area (Å²) < 4.78 is 26.4. The van der Waals surface area contributed by atoms with Crippen LogP contribution in [0.15, 0.2) is 0 Å². The first-order chi connectivity index (χ1) is 8.06. The molecule has 5 heteroatoms. The monoisotopic (exact) mass is 276 g/mol. The van der Waals surface area contributed by atoms with E-state index in [-0.39, 0.29) is 16.7 Å². The maximum atomic E-state index is 12.4. The van der Waals surface area contributed by atoms with Crippen LogP contribution in [0.1, 0.15) is 47.5 Å². The van der Waals surface area contributed by atoms with Crippen LogP contribution in [0.4, 0.5) is 0 Å². The highest BCUT2D eigenvalue weighted by Crippen LogP contribution is 2.26. The van der Waals surface area contributed by atoms with Gasteiger partial charge in [-0.05, 0) is 32.1 Å². The van der Waals surface area contributed by atoms with E-state index < -0.39 is 10.0 Å². The molecule has 0 aromatic heterocycles. The van der Waals surface area contributed by atoms with Crippen molar-refractivity contribution in [1.82, 2.24) is 9.62 Å². The maximum Gasteiger partial charge on any atom is 0.217 e. The first-order valence-electron chi connectivity index (χ1n) is 6.77. The van der Waals surface area contributed by atoms with Crippen LogP contribution < -0.4 is 5.32 Å². The average Bonchev–Trinajstić information content (AvgIpc) is 3.05. The van der Waals surface area contributed by atoms with Crippen molar-refractivity contribution in [3.05, 3.63) is 0 Å². The predicted octanol–water partition coefficient (Wildman–Crippen LogP) is 1.82. The van der Waals surface area contributed by atoms with Crippen molar-refractivity contribution in [3.63, 3.8) is 0 Å².